The lowest BCUT2D eigenvalue weighted by Gasteiger charge is -2.07. The number of rotatable bonds is 7. The summed E-state index contributed by atoms with van der Waals surface area (Å²) in [6, 6.07) is 3.24. The quantitative estimate of drug-likeness (QED) is 0.629. The summed E-state index contributed by atoms with van der Waals surface area (Å²) in [5, 5.41) is 21.8. The van der Waals surface area contributed by atoms with Gasteiger partial charge in [-0.25, -0.2) is 0 Å². The fraction of sp³-hybridized carbons (Fsp3) is 0.500. The van der Waals surface area contributed by atoms with Crippen molar-refractivity contribution in [3.8, 4) is 0 Å². The summed E-state index contributed by atoms with van der Waals surface area (Å²) < 4.78 is 0. The van der Waals surface area contributed by atoms with Crippen LogP contribution >= 0.6 is 0 Å². The highest BCUT2D eigenvalue weighted by Gasteiger charge is 2.09. The second kappa shape index (κ2) is 7.30. The molecule has 0 saturated heterocycles. The number of carboxylic acid groups (broad SMARTS) is 1. The Kier molecular flexibility index (Phi) is 5.72. The van der Waals surface area contributed by atoms with Gasteiger partial charge in [-0.15, -0.1) is 10.2 Å². The van der Waals surface area contributed by atoms with Gasteiger partial charge < -0.3 is 15.7 Å². The minimum Gasteiger partial charge on any atom is -0.481 e. The van der Waals surface area contributed by atoms with E-state index in [4.69, 9.17) is 5.11 Å². The molecule has 3 N–H and O–H groups in total. The zero-order valence-electron chi connectivity index (χ0n) is 11.0. The molecule has 0 bridgehead atoms. The number of aliphatic carboxylic acids is 1. The van der Waals surface area contributed by atoms with Crippen LogP contribution < -0.4 is 10.6 Å². The van der Waals surface area contributed by atoms with Crippen LogP contribution in [-0.2, 0) is 4.79 Å². The van der Waals surface area contributed by atoms with Crippen LogP contribution in [0.25, 0.3) is 0 Å². The van der Waals surface area contributed by atoms with Crippen molar-refractivity contribution in [3.05, 3.63) is 17.8 Å². The first kappa shape index (κ1) is 14.9. The fourth-order valence-corrected chi connectivity index (χ4v) is 1.42. The normalized spacial score (nSPS) is 11.7. The number of carbonyl (C=O) groups is 2. The summed E-state index contributed by atoms with van der Waals surface area (Å²) in [5.74, 6) is -0.844. The summed E-state index contributed by atoms with van der Waals surface area (Å²) in [7, 11) is 1.53. The average molecular weight is 266 g/mol. The SMILES string of the molecule is CNC(=O)c1ccc(NCCCC(C)C(=O)O)nn1. The van der Waals surface area contributed by atoms with E-state index >= 15 is 0 Å². The van der Waals surface area contributed by atoms with Gasteiger partial charge in [-0.05, 0) is 25.0 Å². The predicted octanol–water partition coefficient (Wildman–Crippen LogP) is 0.749. The number of carbonyl (C=O) groups excluding carboxylic acids is 1. The molecule has 0 radical (unpaired) electrons. The molecule has 0 aromatic carbocycles. The zero-order valence-corrected chi connectivity index (χ0v) is 11.0. The molecule has 0 aliphatic rings. The van der Waals surface area contributed by atoms with Gasteiger partial charge in [0.15, 0.2) is 5.69 Å². The number of anilines is 1. The van der Waals surface area contributed by atoms with E-state index in [9.17, 15) is 9.59 Å². The van der Waals surface area contributed by atoms with Crippen LogP contribution in [0.1, 0.15) is 30.3 Å². The highest BCUT2D eigenvalue weighted by atomic mass is 16.4. The van der Waals surface area contributed by atoms with Crippen LogP contribution in [0.3, 0.4) is 0 Å². The Bertz CT molecular complexity index is 433. The second-order valence-corrected chi connectivity index (χ2v) is 4.19. The zero-order chi connectivity index (χ0) is 14.3. The lowest BCUT2D eigenvalue weighted by molar-refractivity contribution is -0.141. The summed E-state index contributed by atoms with van der Waals surface area (Å²) >= 11 is 0. The summed E-state index contributed by atoms with van der Waals surface area (Å²) in [6.07, 6.45) is 1.33. The Labute approximate surface area is 111 Å². The minimum atomic E-state index is -0.783. The molecule has 104 valence electrons. The van der Waals surface area contributed by atoms with Crippen molar-refractivity contribution in [1.82, 2.24) is 15.5 Å². The molecule has 0 spiro atoms. The molecule has 1 amide bonds. The predicted molar refractivity (Wildman–Crippen MR) is 69.9 cm³/mol. The topological polar surface area (TPSA) is 104 Å². The number of hydrogen-bond donors (Lipinski definition) is 3. The van der Waals surface area contributed by atoms with E-state index in [2.05, 4.69) is 20.8 Å². The van der Waals surface area contributed by atoms with E-state index in [0.29, 0.717) is 18.8 Å². The average Bonchev–Trinajstić information content (AvgIpc) is 2.43. The summed E-state index contributed by atoms with van der Waals surface area (Å²) in [4.78, 5) is 21.8. The van der Waals surface area contributed by atoms with E-state index < -0.39 is 5.97 Å². The molecule has 0 fully saturated rings. The molecule has 1 unspecified atom stereocenters. The van der Waals surface area contributed by atoms with Crippen LogP contribution in [0.15, 0.2) is 12.1 Å². The fourth-order valence-electron chi connectivity index (χ4n) is 1.42. The van der Waals surface area contributed by atoms with Crippen molar-refractivity contribution in [2.45, 2.75) is 19.8 Å². The van der Waals surface area contributed by atoms with E-state index in [1.807, 2.05) is 0 Å². The molecule has 0 aliphatic carbocycles. The van der Waals surface area contributed by atoms with Gasteiger partial charge in [-0.2, -0.15) is 0 Å². The Morgan fingerprint density at radius 3 is 2.63 bits per heavy atom. The second-order valence-electron chi connectivity index (χ2n) is 4.19. The molecule has 7 heteroatoms. The molecule has 19 heavy (non-hydrogen) atoms. The third kappa shape index (κ3) is 4.90. The van der Waals surface area contributed by atoms with Crippen molar-refractivity contribution in [3.63, 3.8) is 0 Å². The monoisotopic (exact) mass is 266 g/mol. The first-order valence-corrected chi connectivity index (χ1v) is 6.07. The van der Waals surface area contributed by atoms with Crippen LogP contribution in [0.4, 0.5) is 5.82 Å². The summed E-state index contributed by atoms with van der Waals surface area (Å²) in [5.41, 5.74) is 0.257. The van der Waals surface area contributed by atoms with Gasteiger partial charge in [-0.3, -0.25) is 9.59 Å². The van der Waals surface area contributed by atoms with Gasteiger partial charge >= 0.3 is 5.97 Å². The Balaban J connectivity index is 2.34. The molecule has 0 saturated carbocycles. The van der Waals surface area contributed by atoms with Gasteiger partial charge in [0.05, 0.1) is 5.92 Å². The van der Waals surface area contributed by atoms with Crippen molar-refractivity contribution in [1.29, 1.82) is 0 Å². The van der Waals surface area contributed by atoms with Gasteiger partial charge in [-0.1, -0.05) is 6.92 Å². The van der Waals surface area contributed by atoms with E-state index in [0.717, 1.165) is 6.42 Å². The number of aromatic nitrogens is 2. The lowest BCUT2D eigenvalue weighted by Crippen LogP contribution is -2.20. The van der Waals surface area contributed by atoms with Crippen molar-refractivity contribution in [2.24, 2.45) is 5.92 Å². The number of carboxylic acids is 1. The molecular formula is C12H18N4O3. The Morgan fingerprint density at radius 1 is 1.37 bits per heavy atom. The molecule has 1 rings (SSSR count). The van der Waals surface area contributed by atoms with E-state index in [1.165, 1.54) is 7.05 Å². The van der Waals surface area contributed by atoms with Crippen LogP contribution in [0, 0.1) is 5.92 Å². The van der Waals surface area contributed by atoms with E-state index in [-0.39, 0.29) is 17.5 Å². The molecule has 1 atom stereocenters. The smallest absolute Gasteiger partial charge is 0.306 e. The highest BCUT2D eigenvalue weighted by molar-refractivity contribution is 5.91. The van der Waals surface area contributed by atoms with Gasteiger partial charge in [0.25, 0.3) is 5.91 Å². The standard InChI is InChI=1S/C12H18N4O3/c1-8(12(18)19)4-3-7-14-10-6-5-9(15-16-10)11(17)13-2/h5-6,8H,3-4,7H2,1-2H3,(H,13,17)(H,14,16)(H,18,19). The van der Waals surface area contributed by atoms with Gasteiger partial charge in [0, 0.05) is 13.6 Å². The Hall–Kier alpha value is -2.18. The third-order valence-electron chi connectivity index (χ3n) is 2.67. The molecule has 7 nitrogen and oxygen atoms in total. The van der Waals surface area contributed by atoms with Crippen LogP contribution in [-0.4, -0.2) is 40.8 Å². The summed E-state index contributed by atoms with van der Waals surface area (Å²) in [6.45, 7) is 2.30. The molecule has 0 aliphatic heterocycles. The molecule has 1 aromatic rings. The molecular weight excluding hydrogens is 248 g/mol. The number of amides is 1. The van der Waals surface area contributed by atoms with Gasteiger partial charge in [0.2, 0.25) is 0 Å². The van der Waals surface area contributed by atoms with Crippen molar-refractivity contribution >= 4 is 17.7 Å². The third-order valence-corrected chi connectivity index (χ3v) is 2.67. The van der Waals surface area contributed by atoms with Crippen LogP contribution in [0.5, 0.6) is 0 Å². The molecule has 1 heterocycles. The first-order chi connectivity index (χ1) is 9.04. The number of nitrogens with zero attached hydrogens (tertiary/aromatic N) is 2. The number of hydrogen-bond acceptors (Lipinski definition) is 5. The Morgan fingerprint density at radius 2 is 2.11 bits per heavy atom. The number of nitrogens with one attached hydrogen (secondary N) is 2. The largest absolute Gasteiger partial charge is 0.481 e. The van der Waals surface area contributed by atoms with Gasteiger partial charge in [0.1, 0.15) is 5.82 Å². The first-order valence-electron chi connectivity index (χ1n) is 6.07. The van der Waals surface area contributed by atoms with Crippen LogP contribution in [0.2, 0.25) is 0 Å². The maximum Gasteiger partial charge on any atom is 0.306 e. The van der Waals surface area contributed by atoms with Crippen molar-refractivity contribution < 1.29 is 14.7 Å². The maximum atomic E-state index is 11.2. The lowest BCUT2D eigenvalue weighted by atomic mass is 10.1. The highest BCUT2D eigenvalue weighted by Crippen LogP contribution is 2.07. The molecule has 1 aromatic heterocycles. The van der Waals surface area contributed by atoms with E-state index in [1.54, 1.807) is 19.1 Å². The minimum absolute atomic E-state index is 0.257. The maximum absolute atomic E-state index is 11.2. The van der Waals surface area contributed by atoms with Crippen molar-refractivity contribution in [2.75, 3.05) is 18.9 Å².